The lowest BCUT2D eigenvalue weighted by molar-refractivity contribution is 0.589. The van der Waals surface area contributed by atoms with E-state index >= 15 is 0 Å². The molecule has 0 bridgehead atoms. The van der Waals surface area contributed by atoms with Crippen molar-refractivity contribution >= 4 is 0 Å². The van der Waals surface area contributed by atoms with Crippen LogP contribution in [0.25, 0.3) is 0 Å². The molecule has 1 rings (SSSR count). The minimum absolute atomic E-state index is 0.267. The second-order valence-corrected chi connectivity index (χ2v) is 5.76. The quantitative estimate of drug-likeness (QED) is 0.734. The van der Waals surface area contributed by atoms with Gasteiger partial charge in [0.25, 0.3) is 0 Å². The van der Waals surface area contributed by atoms with Crippen molar-refractivity contribution in [3.8, 4) is 0 Å². The Kier molecular flexibility index (Phi) is 5.70. The van der Waals surface area contributed by atoms with Crippen molar-refractivity contribution in [1.82, 2.24) is 5.32 Å². The third-order valence-corrected chi connectivity index (χ3v) is 3.14. The van der Waals surface area contributed by atoms with Gasteiger partial charge in [-0.25, -0.2) is 0 Å². The molecule has 96 valence electrons. The number of hydrogen-bond donors (Lipinski definition) is 1. The van der Waals surface area contributed by atoms with E-state index in [-0.39, 0.29) is 5.41 Å². The number of unbranched alkanes of at least 4 members (excludes halogenated alkanes) is 1. The van der Waals surface area contributed by atoms with Crippen molar-refractivity contribution in [2.75, 3.05) is 13.1 Å². The second kappa shape index (κ2) is 6.80. The van der Waals surface area contributed by atoms with E-state index in [0.29, 0.717) is 0 Å². The fraction of sp³-hybridized carbons (Fsp3) is 0.625. The number of aryl methyl sites for hydroxylation is 1. The molecule has 0 spiro atoms. The lowest BCUT2D eigenvalue weighted by Crippen LogP contribution is -2.14. The van der Waals surface area contributed by atoms with Gasteiger partial charge in [0.15, 0.2) is 0 Å². The summed E-state index contributed by atoms with van der Waals surface area (Å²) in [5, 5.41) is 3.36. The molecule has 0 aliphatic rings. The van der Waals surface area contributed by atoms with Gasteiger partial charge < -0.3 is 5.32 Å². The lowest BCUT2D eigenvalue weighted by Gasteiger charge is -2.19. The summed E-state index contributed by atoms with van der Waals surface area (Å²) in [6, 6.07) is 9.13. The van der Waals surface area contributed by atoms with Gasteiger partial charge in [-0.3, -0.25) is 0 Å². The fourth-order valence-electron chi connectivity index (χ4n) is 1.93. The molecule has 1 aromatic carbocycles. The molecule has 0 amide bonds. The number of hydrogen-bond acceptors (Lipinski definition) is 1. The predicted molar refractivity (Wildman–Crippen MR) is 76.6 cm³/mol. The molecule has 0 atom stereocenters. The fourth-order valence-corrected chi connectivity index (χ4v) is 1.93. The van der Waals surface area contributed by atoms with Gasteiger partial charge in [-0.1, -0.05) is 52.0 Å². The highest BCUT2D eigenvalue weighted by molar-refractivity contribution is 5.27. The average Bonchev–Trinajstić information content (AvgIpc) is 2.28. The largest absolute Gasteiger partial charge is 0.317 e. The molecule has 0 radical (unpaired) electrons. The van der Waals surface area contributed by atoms with Gasteiger partial charge >= 0.3 is 0 Å². The van der Waals surface area contributed by atoms with E-state index in [0.717, 1.165) is 13.1 Å². The van der Waals surface area contributed by atoms with E-state index in [4.69, 9.17) is 0 Å². The van der Waals surface area contributed by atoms with Gasteiger partial charge in [-0.15, -0.1) is 0 Å². The molecular formula is C16H27N. The van der Waals surface area contributed by atoms with Crippen LogP contribution in [0.15, 0.2) is 24.3 Å². The Labute approximate surface area is 107 Å². The molecule has 0 heterocycles. The van der Waals surface area contributed by atoms with Crippen molar-refractivity contribution < 1.29 is 0 Å². The maximum absolute atomic E-state index is 3.36. The van der Waals surface area contributed by atoms with Crippen LogP contribution in [0.4, 0.5) is 0 Å². The highest BCUT2D eigenvalue weighted by atomic mass is 14.8. The van der Waals surface area contributed by atoms with Gasteiger partial charge in [0.2, 0.25) is 0 Å². The minimum Gasteiger partial charge on any atom is -0.317 e. The first-order chi connectivity index (χ1) is 8.04. The summed E-state index contributed by atoms with van der Waals surface area (Å²) >= 11 is 0. The van der Waals surface area contributed by atoms with E-state index in [1.54, 1.807) is 0 Å². The smallest absolute Gasteiger partial charge is 0.00489 e. The molecule has 0 aliphatic heterocycles. The van der Waals surface area contributed by atoms with Crippen LogP contribution in [0.1, 0.15) is 51.7 Å². The van der Waals surface area contributed by atoms with E-state index in [2.05, 4.69) is 57.3 Å². The normalized spacial score (nSPS) is 11.8. The van der Waals surface area contributed by atoms with E-state index in [1.165, 1.54) is 30.4 Å². The van der Waals surface area contributed by atoms with Crippen LogP contribution in [0.3, 0.4) is 0 Å². The first kappa shape index (κ1) is 14.2. The zero-order chi connectivity index (χ0) is 12.7. The molecule has 0 fully saturated rings. The van der Waals surface area contributed by atoms with Crippen molar-refractivity contribution in [1.29, 1.82) is 0 Å². The average molecular weight is 233 g/mol. The Morgan fingerprint density at radius 1 is 1.00 bits per heavy atom. The Balaban J connectivity index is 2.36. The maximum atomic E-state index is 3.36. The van der Waals surface area contributed by atoms with Crippen molar-refractivity contribution in [3.63, 3.8) is 0 Å². The Morgan fingerprint density at radius 3 is 2.18 bits per heavy atom. The van der Waals surface area contributed by atoms with E-state index in [1.807, 2.05) is 0 Å². The van der Waals surface area contributed by atoms with Crippen LogP contribution in [-0.4, -0.2) is 13.1 Å². The van der Waals surface area contributed by atoms with Crippen LogP contribution < -0.4 is 5.32 Å². The summed E-state index contributed by atoms with van der Waals surface area (Å²) in [7, 11) is 0. The highest BCUT2D eigenvalue weighted by Gasteiger charge is 2.12. The van der Waals surface area contributed by atoms with E-state index < -0.39 is 0 Å². The van der Waals surface area contributed by atoms with Gasteiger partial charge in [0.05, 0.1) is 0 Å². The monoisotopic (exact) mass is 233 g/mol. The van der Waals surface area contributed by atoms with Crippen LogP contribution in [0.5, 0.6) is 0 Å². The maximum Gasteiger partial charge on any atom is -0.00489 e. The van der Waals surface area contributed by atoms with Gasteiger partial charge in [-0.05, 0) is 48.9 Å². The molecule has 0 unspecified atom stereocenters. The third-order valence-electron chi connectivity index (χ3n) is 3.14. The molecule has 1 aromatic rings. The molecule has 1 N–H and O–H groups in total. The Bertz CT molecular complexity index is 305. The highest BCUT2D eigenvalue weighted by Crippen LogP contribution is 2.22. The second-order valence-electron chi connectivity index (χ2n) is 5.76. The Hall–Kier alpha value is -0.820. The van der Waals surface area contributed by atoms with E-state index in [9.17, 15) is 0 Å². The van der Waals surface area contributed by atoms with Gasteiger partial charge in [0.1, 0.15) is 0 Å². The summed E-state index contributed by atoms with van der Waals surface area (Å²) in [5.41, 5.74) is 3.16. The SMILES string of the molecule is CCNCCCCc1ccc(C(C)(C)C)cc1. The molecule has 1 heteroatoms. The van der Waals surface area contributed by atoms with Crippen molar-refractivity contribution in [3.05, 3.63) is 35.4 Å². The summed E-state index contributed by atoms with van der Waals surface area (Å²) in [4.78, 5) is 0. The summed E-state index contributed by atoms with van der Waals surface area (Å²) in [6.07, 6.45) is 3.76. The molecule has 0 aliphatic carbocycles. The van der Waals surface area contributed by atoms with Gasteiger partial charge in [-0.2, -0.15) is 0 Å². The van der Waals surface area contributed by atoms with Crippen LogP contribution in [-0.2, 0) is 11.8 Å². The van der Waals surface area contributed by atoms with Gasteiger partial charge in [0, 0.05) is 0 Å². The topological polar surface area (TPSA) is 12.0 Å². The summed E-state index contributed by atoms with van der Waals surface area (Å²) in [5.74, 6) is 0. The van der Waals surface area contributed by atoms with Crippen LogP contribution in [0.2, 0.25) is 0 Å². The molecule has 0 saturated heterocycles. The standard InChI is InChI=1S/C16H27N/c1-5-17-13-7-6-8-14-9-11-15(12-10-14)16(2,3)4/h9-12,17H,5-8,13H2,1-4H3. The summed E-state index contributed by atoms with van der Waals surface area (Å²) < 4.78 is 0. The molecule has 0 aromatic heterocycles. The number of rotatable bonds is 6. The number of nitrogens with one attached hydrogen (secondary N) is 1. The zero-order valence-corrected chi connectivity index (χ0v) is 11.8. The zero-order valence-electron chi connectivity index (χ0n) is 11.8. The molecular weight excluding hydrogens is 206 g/mol. The Morgan fingerprint density at radius 2 is 1.65 bits per heavy atom. The van der Waals surface area contributed by atoms with Crippen molar-refractivity contribution in [2.24, 2.45) is 0 Å². The lowest BCUT2D eigenvalue weighted by atomic mass is 9.86. The summed E-state index contributed by atoms with van der Waals surface area (Å²) in [6.45, 7) is 11.2. The molecule has 1 nitrogen and oxygen atoms in total. The van der Waals surface area contributed by atoms with Crippen LogP contribution >= 0.6 is 0 Å². The molecule has 0 saturated carbocycles. The minimum atomic E-state index is 0.267. The third kappa shape index (κ3) is 5.36. The van der Waals surface area contributed by atoms with Crippen molar-refractivity contribution in [2.45, 2.75) is 52.4 Å². The predicted octanol–water partition coefficient (Wildman–Crippen LogP) is 3.92. The van der Waals surface area contributed by atoms with Crippen LogP contribution in [0, 0.1) is 0 Å². The molecule has 17 heavy (non-hydrogen) atoms. The first-order valence-corrected chi connectivity index (χ1v) is 6.84. The first-order valence-electron chi connectivity index (χ1n) is 6.84. The number of benzene rings is 1.